The second-order valence-corrected chi connectivity index (χ2v) is 4.29. The molecule has 0 saturated heterocycles. The fourth-order valence-electron chi connectivity index (χ4n) is 1.35. The van der Waals surface area contributed by atoms with Crippen LogP contribution >= 0.6 is 11.3 Å². The minimum Gasteiger partial charge on any atom is -0.505 e. The largest absolute Gasteiger partial charge is 0.505 e. The van der Waals surface area contributed by atoms with Gasteiger partial charge in [0.1, 0.15) is 0 Å². The Morgan fingerprint density at radius 3 is 3.00 bits per heavy atom. The van der Waals surface area contributed by atoms with Crippen molar-refractivity contribution in [3.8, 4) is 5.75 Å². The van der Waals surface area contributed by atoms with Crippen LogP contribution in [0.15, 0.2) is 29.9 Å². The highest BCUT2D eigenvalue weighted by Crippen LogP contribution is 2.20. The first-order valence-corrected chi connectivity index (χ1v) is 5.70. The Bertz CT molecular complexity index is 459. The van der Waals surface area contributed by atoms with E-state index in [1.165, 1.54) is 6.07 Å². The molecule has 1 heterocycles. The number of hydrogen-bond donors (Lipinski definition) is 2. The fraction of sp³-hybridized carbons (Fsp3) is 0.182. The predicted molar refractivity (Wildman–Crippen MR) is 60.7 cm³/mol. The number of rotatable bonds is 4. The standard InChI is InChI=1S/C11H11FN2OS/c12-10-3-1-2-8(11(10)15)4-13-5-9-6-14-7-16-9/h1-3,6-7,13,15H,4-5H2. The number of hydrogen-bond acceptors (Lipinski definition) is 4. The van der Waals surface area contributed by atoms with Gasteiger partial charge in [-0.3, -0.25) is 4.98 Å². The Hall–Kier alpha value is -1.46. The molecule has 2 rings (SSSR count). The summed E-state index contributed by atoms with van der Waals surface area (Å²) < 4.78 is 13.0. The van der Waals surface area contributed by atoms with Gasteiger partial charge in [-0.1, -0.05) is 12.1 Å². The van der Waals surface area contributed by atoms with Crippen molar-refractivity contribution in [1.82, 2.24) is 10.3 Å². The van der Waals surface area contributed by atoms with Crippen molar-refractivity contribution < 1.29 is 9.50 Å². The van der Waals surface area contributed by atoms with Crippen molar-refractivity contribution in [2.45, 2.75) is 13.1 Å². The number of aromatic nitrogens is 1. The van der Waals surface area contributed by atoms with Crippen molar-refractivity contribution in [2.24, 2.45) is 0 Å². The van der Waals surface area contributed by atoms with E-state index in [-0.39, 0.29) is 5.75 Å². The Balaban J connectivity index is 1.92. The first-order valence-electron chi connectivity index (χ1n) is 4.82. The van der Waals surface area contributed by atoms with E-state index in [1.807, 2.05) is 0 Å². The van der Waals surface area contributed by atoms with Crippen molar-refractivity contribution in [3.63, 3.8) is 0 Å². The van der Waals surface area contributed by atoms with E-state index >= 15 is 0 Å². The molecule has 1 aromatic heterocycles. The molecule has 84 valence electrons. The van der Waals surface area contributed by atoms with E-state index in [4.69, 9.17) is 0 Å². The first-order chi connectivity index (χ1) is 7.77. The van der Waals surface area contributed by atoms with E-state index < -0.39 is 5.82 Å². The lowest BCUT2D eigenvalue weighted by molar-refractivity contribution is 0.423. The maximum absolute atomic E-state index is 13.0. The molecule has 0 bridgehead atoms. The molecule has 0 aliphatic rings. The summed E-state index contributed by atoms with van der Waals surface area (Å²) in [4.78, 5) is 5.06. The molecule has 3 nitrogen and oxygen atoms in total. The van der Waals surface area contributed by atoms with E-state index in [2.05, 4.69) is 10.3 Å². The molecular formula is C11H11FN2OS. The number of para-hydroxylation sites is 1. The molecule has 0 radical (unpaired) electrons. The molecule has 2 N–H and O–H groups in total. The van der Waals surface area contributed by atoms with Crippen LogP contribution in [0.4, 0.5) is 4.39 Å². The molecule has 0 spiro atoms. The van der Waals surface area contributed by atoms with Gasteiger partial charge in [-0.05, 0) is 6.07 Å². The minimum absolute atomic E-state index is 0.278. The van der Waals surface area contributed by atoms with Crippen LogP contribution < -0.4 is 5.32 Å². The van der Waals surface area contributed by atoms with Gasteiger partial charge in [0.25, 0.3) is 0 Å². The van der Waals surface area contributed by atoms with E-state index in [0.29, 0.717) is 18.7 Å². The first kappa shape index (κ1) is 11.0. The fourth-order valence-corrected chi connectivity index (χ4v) is 1.92. The van der Waals surface area contributed by atoms with Crippen molar-refractivity contribution in [1.29, 1.82) is 0 Å². The van der Waals surface area contributed by atoms with Crippen molar-refractivity contribution in [2.75, 3.05) is 0 Å². The zero-order chi connectivity index (χ0) is 11.4. The number of benzene rings is 1. The topological polar surface area (TPSA) is 45.1 Å². The summed E-state index contributed by atoms with van der Waals surface area (Å²) in [6, 6.07) is 4.51. The van der Waals surface area contributed by atoms with E-state index in [1.54, 1.807) is 35.2 Å². The predicted octanol–water partition coefficient (Wildman–Crippen LogP) is 2.28. The summed E-state index contributed by atoms with van der Waals surface area (Å²) >= 11 is 1.56. The smallest absolute Gasteiger partial charge is 0.165 e. The third-order valence-corrected chi connectivity index (χ3v) is 2.95. The van der Waals surface area contributed by atoms with Crippen LogP contribution in [0.3, 0.4) is 0 Å². The number of nitrogens with zero attached hydrogens (tertiary/aromatic N) is 1. The second-order valence-electron chi connectivity index (χ2n) is 3.32. The van der Waals surface area contributed by atoms with Gasteiger partial charge in [0.2, 0.25) is 0 Å². The van der Waals surface area contributed by atoms with Crippen molar-refractivity contribution in [3.05, 3.63) is 46.2 Å². The SMILES string of the molecule is Oc1c(F)cccc1CNCc1cncs1. The average molecular weight is 238 g/mol. The van der Waals surface area contributed by atoms with Gasteiger partial charge in [0.15, 0.2) is 11.6 Å². The Labute approximate surface area is 96.6 Å². The van der Waals surface area contributed by atoms with Gasteiger partial charge in [-0.15, -0.1) is 11.3 Å². The quantitative estimate of drug-likeness (QED) is 0.859. The van der Waals surface area contributed by atoms with Crippen LogP contribution in [0.2, 0.25) is 0 Å². The Morgan fingerprint density at radius 2 is 2.25 bits per heavy atom. The molecule has 0 saturated carbocycles. The molecule has 0 aliphatic carbocycles. The lowest BCUT2D eigenvalue weighted by Gasteiger charge is -2.05. The zero-order valence-electron chi connectivity index (χ0n) is 8.48. The Morgan fingerprint density at radius 1 is 1.38 bits per heavy atom. The number of phenolic OH excluding ortho intramolecular Hbond substituents is 1. The third kappa shape index (κ3) is 2.56. The number of halogens is 1. The van der Waals surface area contributed by atoms with Gasteiger partial charge in [-0.25, -0.2) is 4.39 Å². The molecule has 0 amide bonds. The molecule has 2 aromatic rings. The maximum Gasteiger partial charge on any atom is 0.165 e. The normalized spacial score (nSPS) is 10.6. The second kappa shape index (κ2) is 5.05. The highest BCUT2D eigenvalue weighted by molar-refractivity contribution is 7.09. The van der Waals surface area contributed by atoms with Gasteiger partial charge >= 0.3 is 0 Å². The number of aromatic hydroxyl groups is 1. The summed E-state index contributed by atoms with van der Waals surface area (Å²) in [7, 11) is 0. The molecule has 0 fully saturated rings. The lowest BCUT2D eigenvalue weighted by Crippen LogP contribution is -2.12. The summed E-state index contributed by atoms with van der Waals surface area (Å²) in [6.07, 6.45) is 1.78. The number of phenols is 1. The summed E-state index contributed by atoms with van der Waals surface area (Å²) in [5, 5.41) is 12.5. The van der Waals surface area contributed by atoms with Crippen LogP contribution in [0, 0.1) is 5.82 Å². The summed E-state index contributed by atoms with van der Waals surface area (Å²) in [5.74, 6) is -0.864. The molecule has 0 atom stereocenters. The number of thiazole rings is 1. The average Bonchev–Trinajstić information content (AvgIpc) is 2.77. The van der Waals surface area contributed by atoms with Gasteiger partial charge < -0.3 is 10.4 Å². The monoisotopic (exact) mass is 238 g/mol. The van der Waals surface area contributed by atoms with E-state index in [9.17, 15) is 9.50 Å². The molecule has 1 aromatic carbocycles. The Kier molecular flexibility index (Phi) is 3.48. The van der Waals surface area contributed by atoms with Crippen LogP contribution in [0.1, 0.15) is 10.4 Å². The molecule has 5 heteroatoms. The van der Waals surface area contributed by atoms with Crippen LogP contribution in [-0.2, 0) is 13.1 Å². The maximum atomic E-state index is 13.0. The molecule has 0 aliphatic heterocycles. The highest BCUT2D eigenvalue weighted by atomic mass is 32.1. The van der Waals surface area contributed by atoms with Crippen LogP contribution in [-0.4, -0.2) is 10.1 Å². The van der Waals surface area contributed by atoms with Crippen LogP contribution in [0.5, 0.6) is 5.75 Å². The third-order valence-electron chi connectivity index (χ3n) is 2.17. The minimum atomic E-state index is -0.586. The number of nitrogens with one attached hydrogen (secondary N) is 1. The van der Waals surface area contributed by atoms with Gasteiger partial charge in [-0.2, -0.15) is 0 Å². The molecule has 16 heavy (non-hydrogen) atoms. The van der Waals surface area contributed by atoms with Gasteiger partial charge in [0.05, 0.1) is 5.51 Å². The molecule has 0 unspecified atom stereocenters. The van der Waals surface area contributed by atoms with Crippen molar-refractivity contribution >= 4 is 11.3 Å². The molecular weight excluding hydrogens is 227 g/mol. The van der Waals surface area contributed by atoms with Crippen LogP contribution in [0.25, 0.3) is 0 Å². The summed E-state index contributed by atoms with van der Waals surface area (Å²) in [6.45, 7) is 1.10. The van der Waals surface area contributed by atoms with E-state index in [0.717, 1.165) is 4.88 Å². The summed E-state index contributed by atoms with van der Waals surface area (Å²) in [5.41, 5.74) is 2.32. The zero-order valence-corrected chi connectivity index (χ0v) is 9.30. The highest BCUT2D eigenvalue weighted by Gasteiger charge is 2.05. The van der Waals surface area contributed by atoms with Gasteiger partial charge in [0, 0.05) is 29.7 Å². The lowest BCUT2D eigenvalue weighted by atomic mass is 10.2.